The van der Waals surface area contributed by atoms with E-state index in [0.717, 1.165) is 50.2 Å². The molecule has 0 aliphatic heterocycles. The third kappa shape index (κ3) is 5.16. The third-order valence-corrected chi connectivity index (χ3v) is 10.9. The van der Waals surface area contributed by atoms with E-state index in [9.17, 15) is 0 Å². The Morgan fingerprint density at radius 3 is 1.75 bits per heavy atom. The number of pyridine rings is 1. The van der Waals surface area contributed by atoms with E-state index in [1.807, 2.05) is 47.7 Å². The van der Waals surface area contributed by atoms with Crippen LogP contribution >= 0.6 is 11.3 Å². The summed E-state index contributed by atoms with van der Waals surface area (Å²) in [4.78, 5) is 15.6. The summed E-state index contributed by atoms with van der Waals surface area (Å²) in [6, 6.07) is 61.9. The molecule has 0 unspecified atom stereocenters. The monoisotopic (exact) mass is 667 g/mol. The summed E-state index contributed by atoms with van der Waals surface area (Å²) in [5, 5.41) is 6.01. The van der Waals surface area contributed by atoms with Gasteiger partial charge in [-0.3, -0.25) is 0 Å². The molecule has 0 fully saturated rings. The minimum atomic E-state index is 0.694. The number of rotatable bonds is 5. The van der Waals surface area contributed by atoms with Crippen LogP contribution in [0.4, 0.5) is 0 Å². The van der Waals surface area contributed by atoms with Gasteiger partial charge in [0.15, 0.2) is 5.82 Å². The fourth-order valence-electron chi connectivity index (χ4n) is 7.18. The highest BCUT2D eigenvalue weighted by atomic mass is 32.1. The molecule has 10 rings (SSSR count). The van der Waals surface area contributed by atoms with Crippen molar-refractivity contribution in [3.05, 3.63) is 176 Å². The summed E-state index contributed by atoms with van der Waals surface area (Å²) in [7, 11) is 0. The molecule has 0 spiro atoms. The standard InChI is InChI=1S/C47H29N3S/c1-3-13-32(14-4-1)41-29-42(33-15-5-2-6-16-33)50-47(49-41)35-26-27-40-39(28-35)46-44(38-19-9-10-21-43(38)51-46)45(48-40)34-24-22-31(23-25-34)37-20-11-17-30-12-7-8-18-36(30)37/h1-29H. The lowest BCUT2D eigenvalue weighted by Crippen LogP contribution is -1.96. The van der Waals surface area contributed by atoms with Crippen molar-refractivity contribution in [2.45, 2.75) is 0 Å². The van der Waals surface area contributed by atoms with Gasteiger partial charge in [-0.25, -0.2) is 15.0 Å². The molecule has 0 aliphatic carbocycles. The smallest absolute Gasteiger partial charge is 0.160 e. The molecule has 0 bridgehead atoms. The van der Waals surface area contributed by atoms with Gasteiger partial charge in [-0.15, -0.1) is 11.3 Å². The largest absolute Gasteiger partial charge is 0.247 e. The van der Waals surface area contributed by atoms with Crippen molar-refractivity contribution in [3.8, 4) is 56.3 Å². The highest BCUT2D eigenvalue weighted by Crippen LogP contribution is 2.44. The molecule has 0 saturated carbocycles. The van der Waals surface area contributed by atoms with Gasteiger partial charge in [-0.2, -0.15) is 0 Å². The Kier molecular flexibility index (Phi) is 7.00. The van der Waals surface area contributed by atoms with E-state index in [0.29, 0.717) is 5.82 Å². The molecule has 238 valence electrons. The molecule has 0 aliphatic rings. The summed E-state index contributed by atoms with van der Waals surface area (Å²) in [6.45, 7) is 0. The second kappa shape index (κ2) is 12.1. The van der Waals surface area contributed by atoms with E-state index in [-0.39, 0.29) is 0 Å². The summed E-state index contributed by atoms with van der Waals surface area (Å²) in [6.07, 6.45) is 0. The van der Waals surface area contributed by atoms with Crippen LogP contribution < -0.4 is 0 Å². The van der Waals surface area contributed by atoms with Crippen molar-refractivity contribution in [1.82, 2.24) is 15.0 Å². The molecule has 0 saturated heterocycles. The Bertz CT molecular complexity index is 2830. The lowest BCUT2D eigenvalue weighted by Gasteiger charge is -2.12. The fraction of sp³-hybridized carbons (Fsp3) is 0. The average Bonchev–Trinajstić information content (AvgIpc) is 3.61. The molecule has 3 nitrogen and oxygen atoms in total. The Labute approximate surface area is 299 Å². The maximum Gasteiger partial charge on any atom is 0.160 e. The zero-order chi connectivity index (χ0) is 33.7. The maximum atomic E-state index is 5.38. The van der Waals surface area contributed by atoms with Crippen molar-refractivity contribution in [2.75, 3.05) is 0 Å². The van der Waals surface area contributed by atoms with Gasteiger partial charge in [0.05, 0.1) is 22.6 Å². The number of hydrogen-bond donors (Lipinski definition) is 0. The number of benzene rings is 7. The van der Waals surface area contributed by atoms with Crippen molar-refractivity contribution in [1.29, 1.82) is 0 Å². The number of aromatic nitrogens is 3. The Morgan fingerprint density at radius 1 is 0.392 bits per heavy atom. The summed E-state index contributed by atoms with van der Waals surface area (Å²) in [5.74, 6) is 0.694. The molecular formula is C47H29N3S. The van der Waals surface area contributed by atoms with Gasteiger partial charge in [0.2, 0.25) is 0 Å². The molecule has 3 aromatic heterocycles. The van der Waals surface area contributed by atoms with Crippen LogP contribution in [0.5, 0.6) is 0 Å². The number of nitrogens with zero attached hydrogens (tertiary/aromatic N) is 3. The lowest BCUT2D eigenvalue weighted by atomic mass is 9.96. The third-order valence-electron chi connectivity index (χ3n) is 9.69. The first kappa shape index (κ1) is 29.4. The van der Waals surface area contributed by atoms with E-state index in [2.05, 4.69) is 140 Å². The molecule has 51 heavy (non-hydrogen) atoms. The van der Waals surface area contributed by atoms with Crippen LogP contribution in [-0.4, -0.2) is 15.0 Å². The van der Waals surface area contributed by atoms with E-state index < -0.39 is 0 Å². The predicted molar refractivity (Wildman–Crippen MR) is 215 cm³/mol. The minimum absolute atomic E-state index is 0.694. The first-order valence-corrected chi connectivity index (χ1v) is 17.9. The van der Waals surface area contributed by atoms with Crippen LogP contribution in [0, 0.1) is 0 Å². The maximum absolute atomic E-state index is 5.38. The second-order valence-electron chi connectivity index (χ2n) is 12.8. The number of fused-ring (bicyclic) bond motifs is 6. The van der Waals surface area contributed by atoms with Gasteiger partial charge >= 0.3 is 0 Å². The normalized spacial score (nSPS) is 11.5. The summed E-state index contributed by atoms with van der Waals surface area (Å²) >= 11 is 1.82. The molecule has 0 amide bonds. The van der Waals surface area contributed by atoms with Crippen LogP contribution in [0.2, 0.25) is 0 Å². The van der Waals surface area contributed by atoms with Gasteiger partial charge < -0.3 is 0 Å². The van der Waals surface area contributed by atoms with Crippen molar-refractivity contribution >= 4 is 53.2 Å². The van der Waals surface area contributed by atoms with E-state index in [1.165, 1.54) is 42.1 Å². The minimum Gasteiger partial charge on any atom is -0.247 e. The van der Waals surface area contributed by atoms with Crippen LogP contribution in [0.1, 0.15) is 0 Å². The van der Waals surface area contributed by atoms with Crippen molar-refractivity contribution in [2.24, 2.45) is 0 Å². The number of thiophene rings is 1. The zero-order valence-electron chi connectivity index (χ0n) is 27.5. The van der Waals surface area contributed by atoms with E-state index in [1.54, 1.807) is 0 Å². The molecule has 0 atom stereocenters. The highest BCUT2D eigenvalue weighted by Gasteiger charge is 2.18. The number of hydrogen-bond acceptors (Lipinski definition) is 4. The van der Waals surface area contributed by atoms with Gasteiger partial charge in [0.1, 0.15) is 0 Å². The second-order valence-corrected chi connectivity index (χ2v) is 13.8. The Balaban J connectivity index is 1.15. The topological polar surface area (TPSA) is 38.7 Å². The van der Waals surface area contributed by atoms with E-state index in [4.69, 9.17) is 15.0 Å². The molecule has 10 aromatic rings. The molecule has 0 radical (unpaired) electrons. The van der Waals surface area contributed by atoms with Crippen LogP contribution in [-0.2, 0) is 0 Å². The molecule has 0 N–H and O–H groups in total. The summed E-state index contributed by atoms with van der Waals surface area (Å²) < 4.78 is 2.47. The summed E-state index contributed by atoms with van der Waals surface area (Å²) in [5.41, 5.74) is 10.4. The quantitative estimate of drug-likeness (QED) is 0.183. The van der Waals surface area contributed by atoms with Crippen LogP contribution in [0.25, 0.3) is 98.1 Å². The molecule has 4 heteroatoms. The first-order chi connectivity index (χ1) is 25.3. The lowest BCUT2D eigenvalue weighted by molar-refractivity contribution is 1.18. The van der Waals surface area contributed by atoms with Gasteiger partial charge in [-0.05, 0) is 52.2 Å². The predicted octanol–water partition coefficient (Wildman–Crippen LogP) is 12.9. The van der Waals surface area contributed by atoms with Gasteiger partial charge in [-0.1, -0.05) is 146 Å². The van der Waals surface area contributed by atoms with Gasteiger partial charge in [0, 0.05) is 47.8 Å². The Morgan fingerprint density at radius 2 is 1.00 bits per heavy atom. The van der Waals surface area contributed by atoms with Crippen LogP contribution in [0.3, 0.4) is 0 Å². The van der Waals surface area contributed by atoms with E-state index >= 15 is 0 Å². The van der Waals surface area contributed by atoms with Crippen LogP contribution in [0.15, 0.2) is 176 Å². The van der Waals surface area contributed by atoms with Crippen molar-refractivity contribution < 1.29 is 0 Å². The molecule has 3 heterocycles. The molecular weight excluding hydrogens is 639 g/mol. The Hall–Kier alpha value is -6.49. The first-order valence-electron chi connectivity index (χ1n) is 17.1. The zero-order valence-corrected chi connectivity index (χ0v) is 28.3. The van der Waals surface area contributed by atoms with Crippen molar-refractivity contribution in [3.63, 3.8) is 0 Å². The average molecular weight is 668 g/mol. The fourth-order valence-corrected chi connectivity index (χ4v) is 8.41. The molecule has 7 aromatic carbocycles. The highest BCUT2D eigenvalue weighted by molar-refractivity contribution is 7.26. The van der Waals surface area contributed by atoms with Gasteiger partial charge in [0.25, 0.3) is 0 Å². The SMILES string of the molecule is c1ccc(-c2cc(-c3ccccc3)nc(-c3ccc4nc(-c5ccc(-c6cccc7ccccc67)cc5)c5c6ccccc6sc5c4c3)n2)cc1.